The molecule has 1 aliphatic carbocycles. The van der Waals surface area contributed by atoms with E-state index in [0.717, 1.165) is 64.4 Å². The van der Waals surface area contributed by atoms with Crippen LogP contribution in [0.15, 0.2) is 64.9 Å². The molecule has 6 rings (SSSR count). The summed E-state index contributed by atoms with van der Waals surface area (Å²) >= 11 is 0. The van der Waals surface area contributed by atoms with Crippen LogP contribution in [0.5, 0.6) is 0 Å². The van der Waals surface area contributed by atoms with Gasteiger partial charge in [-0.05, 0) is 49.0 Å². The van der Waals surface area contributed by atoms with Gasteiger partial charge >= 0.3 is 0 Å². The van der Waals surface area contributed by atoms with Gasteiger partial charge in [0.2, 0.25) is 0 Å². The molecule has 251 valence electrons. The summed E-state index contributed by atoms with van der Waals surface area (Å²) in [5, 5.41) is 14.4. The quantitative estimate of drug-likeness (QED) is 0.101. The minimum Gasteiger partial charge on any atom is -0.512 e. The number of allylic oxidation sites excluding steroid dienone is 2. The molecule has 0 unspecified atom stereocenters. The van der Waals surface area contributed by atoms with Crippen LogP contribution in [0.3, 0.4) is 0 Å². The number of hydrogen-bond acceptors (Lipinski definition) is 4. The summed E-state index contributed by atoms with van der Waals surface area (Å²) in [6, 6.07) is 19.1. The summed E-state index contributed by atoms with van der Waals surface area (Å²) in [5.41, 5.74) is 8.67. The third-order valence-electron chi connectivity index (χ3n) is 10.1. The number of aryl methyl sites for hydroxylation is 1. The number of pyridine rings is 1. The molecular formula is C42H50IrNO3-. The van der Waals surface area contributed by atoms with E-state index in [1.165, 1.54) is 33.5 Å². The minimum atomic E-state index is -0.212. The fourth-order valence-corrected chi connectivity index (χ4v) is 7.06. The first-order valence-electron chi connectivity index (χ1n) is 17.0. The van der Waals surface area contributed by atoms with E-state index in [9.17, 15) is 9.90 Å². The maximum atomic E-state index is 11.7. The number of ketones is 1. The number of rotatable bonds is 7. The van der Waals surface area contributed by atoms with E-state index in [1.807, 2.05) is 33.9 Å². The van der Waals surface area contributed by atoms with Gasteiger partial charge in [0.1, 0.15) is 11.2 Å². The third-order valence-corrected chi connectivity index (χ3v) is 10.1. The molecule has 1 radical (unpaired) electrons. The Balaban J connectivity index is 0.000000269. The second-order valence-electron chi connectivity index (χ2n) is 14.5. The van der Waals surface area contributed by atoms with E-state index in [2.05, 4.69) is 90.1 Å². The van der Waals surface area contributed by atoms with Gasteiger partial charge in [0.15, 0.2) is 5.78 Å². The summed E-state index contributed by atoms with van der Waals surface area (Å²) in [7, 11) is 0. The normalized spacial score (nSPS) is 13.9. The molecular weight excluding hydrogens is 759 g/mol. The molecule has 5 heteroatoms. The number of hydrogen-bond donors (Lipinski definition) is 1. The monoisotopic (exact) mass is 809 g/mol. The van der Waals surface area contributed by atoms with Gasteiger partial charge in [-0.3, -0.25) is 9.78 Å². The van der Waals surface area contributed by atoms with Crippen LogP contribution in [0, 0.1) is 24.8 Å². The second kappa shape index (κ2) is 14.1. The molecule has 1 aliphatic rings. The van der Waals surface area contributed by atoms with Crippen LogP contribution in [-0.2, 0) is 35.7 Å². The molecule has 3 aromatic carbocycles. The van der Waals surface area contributed by atoms with Gasteiger partial charge in [-0.1, -0.05) is 109 Å². The van der Waals surface area contributed by atoms with Gasteiger partial charge in [-0.25, -0.2) is 0 Å². The van der Waals surface area contributed by atoms with E-state index in [4.69, 9.17) is 9.40 Å². The number of fused-ring (bicyclic) bond motifs is 3. The first-order valence-corrected chi connectivity index (χ1v) is 17.0. The van der Waals surface area contributed by atoms with Crippen molar-refractivity contribution in [3.8, 4) is 11.3 Å². The van der Waals surface area contributed by atoms with Gasteiger partial charge < -0.3 is 9.52 Å². The Morgan fingerprint density at radius 1 is 0.936 bits per heavy atom. The van der Waals surface area contributed by atoms with Crippen molar-refractivity contribution in [3.05, 3.63) is 88.8 Å². The van der Waals surface area contributed by atoms with Crippen molar-refractivity contribution in [1.82, 2.24) is 4.98 Å². The number of benzene rings is 3. The maximum Gasteiger partial charge on any atom is 0.162 e. The molecule has 2 heterocycles. The van der Waals surface area contributed by atoms with Crippen molar-refractivity contribution in [1.29, 1.82) is 0 Å². The van der Waals surface area contributed by atoms with Gasteiger partial charge in [0, 0.05) is 71.8 Å². The zero-order chi connectivity index (χ0) is 33.6. The number of carbonyl (C=O) groups excluding carboxylic acids is 1. The zero-order valence-corrected chi connectivity index (χ0v) is 32.1. The number of furan rings is 1. The number of aliphatic hydroxyl groups is 1. The van der Waals surface area contributed by atoms with Crippen LogP contribution in [0.25, 0.3) is 44.0 Å². The fraction of sp³-hybridized carbons (Fsp3) is 0.429. The predicted octanol–water partition coefficient (Wildman–Crippen LogP) is 11.7. The Morgan fingerprint density at radius 3 is 2.19 bits per heavy atom. The molecule has 1 N–H and O–H groups in total. The first kappa shape index (κ1) is 36.6. The smallest absolute Gasteiger partial charge is 0.162 e. The van der Waals surface area contributed by atoms with E-state index in [1.54, 1.807) is 0 Å². The van der Waals surface area contributed by atoms with Crippen molar-refractivity contribution in [2.24, 2.45) is 11.8 Å². The Kier molecular flexibility index (Phi) is 10.9. The molecule has 0 saturated heterocycles. The van der Waals surface area contributed by atoms with E-state index in [0.29, 0.717) is 0 Å². The summed E-state index contributed by atoms with van der Waals surface area (Å²) in [6.07, 6.45) is 6.85. The van der Waals surface area contributed by atoms with Gasteiger partial charge in [0.25, 0.3) is 0 Å². The van der Waals surface area contributed by atoms with Crippen molar-refractivity contribution < 1.29 is 34.4 Å². The van der Waals surface area contributed by atoms with Crippen LogP contribution in [0.2, 0.25) is 0 Å². The van der Waals surface area contributed by atoms with Gasteiger partial charge in [-0.15, -0.1) is 23.6 Å². The summed E-state index contributed by atoms with van der Waals surface area (Å²) < 4.78 is 6.64. The van der Waals surface area contributed by atoms with Crippen LogP contribution < -0.4 is 0 Å². The molecule has 0 amide bonds. The SMILES string of the molecule is CCC(CC)C(=O)/C=C(\O)C(CC)CC.Cc1cnc2c3c1oc1c(C(C)(C)C)ccc(c13)C(C)(C)c1cc3ccccc3[c-]c1-2.[Ir]. The predicted molar refractivity (Wildman–Crippen MR) is 193 cm³/mol. The van der Waals surface area contributed by atoms with E-state index in [-0.39, 0.29) is 54.3 Å². The van der Waals surface area contributed by atoms with Crippen LogP contribution in [0.4, 0.5) is 0 Å². The Bertz CT molecular complexity index is 1950. The standard InChI is InChI=1S/C29H26NO.C13H24O2.Ir/c1-16-15-30-25-19-13-17-9-7-8-10-18(17)14-22(19)29(5,6)20-11-12-21(28(2,3)4)27-23(20)24(25)26(16)31-27;1-5-10(6-2)12(14)9-13(15)11(7-3)8-4;/h7-12,14-15H,1-6H3;9-11,14H,5-8H2,1-4H3;/q-1;;/b;12-9-;. The number of carbonyl (C=O) groups is 1. The van der Waals surface area contributed by atoms with Crippen molar-refractivity contribution >= 4 is 38.5 Å². The van der Waals surface area contributed by atoms with Gasteiger partial charge in [0.05, 0.1) is 5.76 Å². The average Bonchev–Trinajstić information content (AvgIpc) is 3.39. The molecule has 4 nitrogen and oxygen atoms in total. The topological polar surface area (TPSA) is 63.3 Å². The zero-order valence-electron chi connectivity index (χ0n) is 29.7. The minimum absolute atomic E-state index is 0. The van der Waals surface area contributed by atoms with Crippen LogP contribution in [-0.4, -0.2) is 15.9 Å². The molecule has 0 spiro atoms. The average molecular weight is 809 g/mol. The molecule has 2 aromatic heterocycles. The molecule has 0 aliphatic heterocycles. The number of aliphatic hydroxyl groups excluding tert-OH is 1. The Labute approximate surface area is 294 Å². The van der Waals surface area contributed by atoms with Crippen LogP contribution in [0.1, 0.15) is 110 Å². The van der Waals surface area contributed by atoms with E-state index >= 15 is 0 Å². The fourth-order valence-electron chi connectivity index (χ4n) is 7.06. The summed E-state index contributed by atoms with van der Waals surface area (Å²) in [6.45, 7) is 21.5. The largest absolute Gasteiger partial charge is 0.512 e. The van der Waals surface area contributed by atoms with Gasteiger partial charge in [-0.2, -0.15) is 0 Å². The van der Waals surface area contributed by atoms with Crippen molar-refractivity contribution in [2.75, 3.05) is 0 Å². The third kappa shape index (κ3) is 6.59. The molecule has 47 heavy (non-hydrogen) atoms. The number of aromatic nitrogens is 1. The first-order chi connectivity index (χ1) is 21.8. The molecule has 0 saturated carbocycles. The van der Waals surface area contributed by atoms with E-state index < -0.39 is 0 Å². The molecule has 0 atom stereocenters. The Morgan fingerprint density at radius 2 is 1.57 bits per heavy atom. The summed E-state index contributed by atoms with van der Waals surface area (Å²) in [4.78, 5) is 16.7. The Hall–Kier alpha value is -3.27. The molecule has 5 aromatic rings. The number of nitrogens with zero attached hydrogens (tertiary/aromatic N) is 1. The van der Waals surface area contributed by atoms with Crippen molar-refractivity contribution in [3.63, 3.8) is 0 Å². The second-order valence-corrected chi connectivity index (χ2v) is 14.5. The summed E-state index contributed by atoms with van der Waals surface area (Å²) in [5.74, 6) is 0.547. The molecule has 0 fully saturated rings. The van der Waals surface area contributed by atoms with Crippen molar-refractivity contribution in [2.45, 2.75) is 106 Å². The molecule has 0 bridgehead atoms. The van der Waals surface area contributed by atoms with Crippen LogP contribution >= 0.6 is 0 Å². The maximum absolute atomic E-state index is 11.7.